The quantitative estimate of drug-likeness (QED) is 0.919. The summed E-state index contributed by atoms with van der Waals surface area (Å²) in [5.41, 5.74) is 8.20. The predicted molar refractivity (Wildman–Crippen MR) is 78.2 cm³/mol. The first-order chi connectivity index (χ1) is 8.61. The molecule has 0 aliphatic heterocycles. The highest BCUT2D eigenvalue weighted by atomic mass is 79.9. The van der Waals surface area contributed by atoms with Gasteiger partial charge in [0.2, 0.25) is 0 Å². The third-order valence-electron chi connectivity index (χ3n) is 2.76. The van der Waals surface area contributed by atoms with Gasteiger partial charge in [0.1, 0.15) is 5.75 Å². The zero-order valence-electron chi connectivity index (χ0n) is 9.86. The summed E-state index contributed by atoms with van der Waals surface area (Å²) in [6, 6.07) is 13.1. The number of halogens is 2. The number of hydrogen-bond donors (Lipinski definition) is 1. The van der Waals surface area contributed by atoms with E-state index in [1.807, 2.05) is 42.5 Å². The van der Waals surface area contributed by atoms with Crippen LogP contribution in [0.4, 0.5) is 0 Å². The molecule has 0 radical (unpaired) electrons. The van der Waals surface area contributed by atoms with Gasteiger partial charge in [0, 0.05) is 15.1 Å². The summed E-state index contributed by atoms with van der Waals surface area (Å²) in [4.78, 5) is 0. The molecule has 0 amide bonds. The molecule has 0 spiro atoms. The molecule has 4 heteroatoms. The second-order valence-electron chi connectivity index (χ2n) is 3.92. The van der Waals surface area contributed by atoms with Gasteiger partial charge in [-0.15, -0.1) is 0 Å². The Morgan fingerprint density at radius 1 is 1.17 bits per heavy atom. The molecule has 2 N–H and O–H groups in total. The minimum Gasteiger partial charge on any atom is -0.496 e. The molecule has 2 rings (SSSR count). The van der Waals surface area contributed by atoms with Crippen molar-refractivity contribution in [2.24, 2.45) is 5.73 Å². The number of rotatable bonds is 3. The summed E-state index contributed by atoms with van der Waals surface area (Å²) in [6.07, 6.45) is 0. The summed E-state index contributed by atoms with van der Waals surface area (Å²) in [5.74, 6) is 0.770. The second kappa shape index (κ2) is 5.74. The Morgan fingerprint density at radius 2 is 1.83 bits per heavy atom. The molecule has 0 saturated heterocycles. The van der Waals surface area contributed by atoms with Crippen LogP contribution < -0.4 is 10.5 Å². The number of methoxy groups -OCH3 is 1. The minimum atomic E-state index is -0.231. The first-order valence-corrected chi connectivity index (χ1v) is 6.63. The summed E-state index contributed by atoms with van der Waals surface area (Å²) in [7, 11) is 1.64. The van der Waals surface area contributed by atoms with Crippen LogP contribution >= 0.6 is 27.5 Å². The fourth-order valence-corrected chi connectivity index (χ4v) is 2.26. The molecular weight excluding hydrogens is 314 g/mol. The maximum Gasteiger partial charge on any atom is 0.125 e. The molecule has 0 bridgehead atoms. The number of ether oxygens (including phenoxy) is 1. The van der Waals surface area contributed by atoms with Gasteiger partial charge in [0.05, 0.1) is 13.2 Å². The molecule has 2 aromatic rings. The van der Waals surface area contributed by atoms with Crippen molar-refractivity contribution in [2.75, 3.05) is 7.11 Å². The maximum absolute atomic E-state index is 6.25. The standard InChI is InChI=1S/C14H13BrClNO/c1-18-13-8-10(15)4-7-12(13)14(17)9-2-5-11(16)6-3-9/h2-8,14H,17H2,1H3. The summed E-state index contributed by atoms with van der Waals surface area (Å²) >= 11 is 9.28. The van der Waals surface area contributed by atoms with E-state index in [-0.39, 0.29) is 6.04 Å². The lowest BCUT2D eigenvalue weighted by Crippen LogP contribution is -2.12. The van der Waals surface area contributed by atoms with Crippen LogP contribution in [0.5, 0.6) is 5.75 Å². The predicted octanol–water partition coefficient (Wildman–Crippen LogP) is 4.16. The number of benzene rings is 2. The molecule has 0 fully saturated rings. The van der Waals surface area contributed by atoms with Crippen molar-refractivity contribution in [3.63, 3.8) is 0 Å². The zero-order valence-corrected chi connectivity index (χ0v) is 12.2. The Hall–Kier alpha value is -1.03. The third-order valence-corrected chi connectivity index (χ3v) is 3.50. The van der Waals surface area contributed by atoms with Gasteiger partial charge in [-0.2, -0.15) is 0 Å². The van der Waals surface area contributed by atoms with Crippen LogP contribution in [0.15, 0.2) is 46.9 Å². The van der Waals surface area contributed by atoms with Gasteiger partial charge in [0.15, 0.2) is 0 Å². The second-order valence-corrected chi connectivity index (χ2v) is 5.27. The molecular formula is C14H13BrClNO. The monoisotopic (exact) mass is 325 g/mol. The van der Waals surface area contributed by atoms with Gasteiger partial charge in [-0.05, 0) is 29.8 Å². The first kappa shape index (κ1) is 13.4. The van der Waals surface area contributed by atoms with Crippen molar-refractivity contribution in [3.8, 4) is 5.75 Å². The highest BCUT2D eigenvalue weighted by Gasteiger charge is 2.14. The summed E-state index contributed by atoms with van der Waals surface area (Å²) in [6.45, 7) is 0. The Balaban J connectivity index is 2.39. The minimum absolute atomic E-state index is 0.231. The largest absolute Gasteiger partial charge is 0.496 e. The topological polar surface area (TPSA) is 35.2 Å². The molecule has 0 aliphatic carbocycles. The van der Waals surface area contributed by atoms with Gasteiger partial charge in [0.25, 0.3) is 0 Å². The van der Waals surface area contributed by atoms with E-state index in [0.717, 1.165) is 21.3 Å². The van der Waals surface area contributed by atoms with Gasteiger partial charge < -0.3 is 10.5 Å². The Bertz CT molecular complexity index is 542. The molecule has 2 nitrogen and oxygen atoms in total. The van der Waals surface area contributed by atoms with Crippen LogP contribution in [0.3, 0.4) is 0 Å². The molecule has 0 aliphatic rings. The van der Waals surface area contributed by atoms with E-state index in [4.69, 9.17) is 22.1 Å². The normalized spacial score (nSPS) is 12.2. The fourth-order valence-electron chi connectivity index (χ4n) is 1.79. The fraction of sp³-hybridized carbons (Fsp3) is 0.143. The van der Waals surface area contributed by atoms with Crippen molar-refractivity contribution in [1.29, 1.82) is 0 Å². The molecule has 18 heavy (non-hydrogen) atoms. The molecule has 1 atom stereocenters. The number of nitrogens with two attached hydrogens (primary N) is 1. The smallest absolute Gasteiger partial charge is 0.125 e. The first-order valence-electron chi connectivity index (χ1n) is 5.46. The SMILES string of the molecule is COc1cc(Br)ccc1C(N)c1ccc(Cl)cc1. The Labute approximate surface area is 120 Å². The van der Waals surface area contributed by atoms with E-state index in [9.17, 15) is 0 Å². The van der Waals surface area contributed by atoms with E-state index in [2.05, 4.69) is 15.9 Å². The van der Waals surface area contributed by atoms with Crippen molar-refractivity contribution in [2.45, 2.75) is 6.04 Å². The molecule has 2 aromatic carbocycles. The summed E-state index contributed by atoms with van der Waals surface area (Å²) < 4.78 is 6.32. The molecule has 0 saturated carbocycles. The van der Waals surface area contributed by atoms with Gasteiger partial charge in [-0.1, -0.05) is 45.7 Å². The van der Waals surface area contributed by atoms with Crippen molar-refractivity contribution in [3.05, 3.63) is 63.1 Å². The van der Waals surface area contributed by atoms with Crippen molar-refractivity contribution >= 4 is 27.5 Å². The lowest BCUT2D eigenvalue weighted by Gasteiger charge is -2.16. The zero-order chi connectivity index (χ0) is 13.1. The Kier molecular flexibility index (Phi) is 4.27. The van der Waals surface area contributed by atoms with Crippen LogP contribution in [-0.2, 0) is 0 Å². The third kappa shape index (κ3) is 2.86. The van der Waals surface area contributed by atoms with Crippen LogP contribution in [0.2, 0.25) is 5.02 Å². The Morgan fingerprint density at radius 3 is 2.44 bits per heavy atom. The lowest BCUT2D eigenvalue weighted by molar-refractivity contribution is 0.407. The van der Waals surface area contributed by atoms with Crippen LogP contribution in [0, 0.1) is 0 Å². The van der Waals surface area contributed by atoms with E-state index < -0.39 is 0 Å². The average molecular weight is 327 g/mol. The van der Waals surface area contributed by atoms with Gasteiger partial charge >= 0.3 is 0 Å². The molecule has 1 unspecified atom stereocenters. The molecule has 0 aromatic heterocycles. The van der Waals surface area contributed by atoms with E-state index in [1.54, 1.807) is 7.11 Å². The van der Waals surface area contributed by atoms with Crippen molar-refractivity contribution < 1.29 is 4.74 Å². The lowest BCUT2D eigenvalue weighted by atomic mass is 9.99. The molecule has 94 valence electrons. The van der Waals surface area contributed by atoms with E-state index in [1.165, 1.54) is 0 Å². The summed E-state index contributed by atoms with van der Waals surface area (Å²) in [5, 5.41) is 0.703. The highest BCUT2D eigenvalue weighted by molar-refractivity contribution is 9.10. The molecule has 0 heterocycles. The van der Waals surface area contributed by atoms with Crippen LogP contribution in [-0.4, -0.2) is 7.11 Å². The average Bonchev–Trinajstić information content (AvgIpc) is 2.38. The maximum atomic E-state index is 6.25. The van der Waals surface area contributed by atoms with Gasteiger partial charge in [-0.25, -0.2) is 0 Å². The van der Waals surface area contributed by atoms with Crippen LogP contribution in [0.25, 0.3) is 0 Å². The van der Waals surface area contributed by atoms with E-state index >= 15 is 0 Å². The van der Waals surface area contributed by atoms with Gasteiger partial charge in [-0.3, -0.25) is 0 Å². The van der Waals surface area contributed by atoms with E-state index in [0.29, 0.717) is 5.02 Å². The number of hydrogen-bond acceptors (Lipinski definition) is 2. The highest BCUT2D eigenvalue weighted by Crippen LogP contribution is 2.31. The van der Waals surface area contributed by atoms with Crippen molar-refractivity contribution in [1.82, 2.24) is 0 Å². The van der Waals surface area contributed by atoms with Crippen LogP contribution in [0.1, 0.15) is 17.2 Å².